The summed E-state index contributed by atoms with van der Waals surface area (Å²) in [6.45, 7) is 0. The lowest BCUT2D eigenvalue weighted by Gasteiger charge is -2.10. The summed E-state index contributed by atoms with van der Waals surface area (Å²) in [5.74, 6) is -0.0440. The fourth-order valence-corrected chi connectivity index (χ4v) is 5.63. The van der Waals surface area contributed by atoms with Gasteiger partial charge in [-0.3, -0.25) is 4.99 Å². The SMILES string of the molecule is O=C(Oc1ccc2ccccc2c1C=Nc1cccc2ccccc12)c1sc2ccccc2c1Cl. The van der Waals surface area contributed by atoms with E-state index in [0.717, 1.165) is 42.9 Å². The number of ether oxygens (including phenoxy) is 1. The third-order valence-corrected chi connectivity index (χ3v) is 7.61. The topological polar surface area (TPSA) is 38.7 Å². The molecule has 0 amide bonds. The van der Waals surface area contributed by atoms with Crippen LogP contribution in [0.4, 0.5) is 5.69 Å². The zero-order chi connectivity index (χ0) is 23.8. The van der Waals surface area contributed by atoms with E-state index in [2.05, 4.69) is 18.2 Å². The molecule has 0 radical (unpaired) electrons. The first-order valence-electron chi connectivity index (χ1n) is 11.1. The molecule has 6 aromatic rings. The molecule has 3 nitrogen and oxygen atoms in total. The first-order chi connectivity index (χ1) is 17.2. The largest absolute Gasteiger partial charge is 0.422 e. The van der Waals surface area contributed by atoms with Crippen LogP contribution in [0, 0.1) is 0 Å². The van der Waals surface area contributed by atoms with Crippen molar-refractivity contribution >= 4 is 72.4 Å². The third-order valence-electron chi connectivity index (χ3n) is 5.95. The van der Waals surface area contributed by atoms with Gasteiger partial charge in [-0.05, 0) is 34.4 Å². The van der Waals surface area contributed by atoms with E-state index < -0.39 is 5.97 Å². The van der Waals surface area contributed by atoms with Crippen molar-refractivity contribution < 1.29 is 9.53 Å². The molecule has 168 valence electrons. The molecular formula is C30H18ClNO2S. The summed E-state index contributed by atoms with van der Waals surface area (Å²) in [7, 11) is 0. The van der Waals surface area contributed by atoms with E-state index in [9.17, 15) is 4.79 Å². The number of benzene rings is 5. The van der Waals surface area contributed by atoms with Gasteiger partial charge in [0, 0.05) is 27.3 Å². The molecule has 5 aromatic carbocycles. The van der Waals surface area contributed by atoms with Crippen LogP contribution in [0.25, 0.3) is 31.6 Å². The summed E-state index contributed by atoms with van der Waals surface area (Å²) in [4.78, 5) is 18.4. The summed E-state index contributed by atoms with van der Waals surface area (Å²) in [5.41, 5.74) is 1.59. The highest BCUT2D eigenvalue weighted by Crippen LogP contribution is 2.37. The van der Waals surface area contributed by atoms with E-state index in [-0.39, 0.29) is 0 Å². The van der Waals surface area contributed by atoms with Crippen molar-refractivity contribution in [2.75, 3.05) is 0 Å². The van der Waals surface area contributed by atoms with Crippen molar-refractivity contribution in [3.05, 3.63) is 119 Å². The molecule has 0 spiro atoms. The monoisotopic (exact) mass is 491 g/mol. The molecule has 0 bridgehead atoms. The third kappa shape index (κ3) is 3.97. The predicted octanol–water partition coefficient (Wildman–Crippen LogP) is 8.83. The molecule has 0 fully saturated rings. The van der Waals surface area contributed by atoms with Gasteiger partial charge in [-0.1, -0.05) is 96.5 Å². The summed E-state index contributed by atoms with van der Waals surface area (Å²) in [5, 5.41) is 5.42. The Bertz CT molecular complexity index is 1760. The number of carbonyl (C=O) groups is 1. The second-order valence-electron chi connectivity index (χ2n) is 8.09. The molecule has 0 unspecified atom stereocenters. The number of aliphatic imine (C=N–C) groups is 1. The fourth-order valence-electron chi connectivity index (χ4n) is 4.24. The van der Waals surface area contributed by atoms with Crippen LogP contribution in [0.1, 0.15) is 15.2 Å². The van der Waals surface area contributed by atoms with Gasteiger partial charge in [0.05, 0.1) is 10.7 Å². The Morgan fingerprint density at radius 1 is 0.743 bits per heavy atom. The second kappa shape index (κ2) is 8.99. The van der Waals surface area contributed by atoms with Gasteiger partial charge in [0.2, 0.25) is 0 Å². The number of nitrogens with zero attached hydrogens (tertiary/aromatic N) is 1. The molecule has 0 aliphatic carbocycles. The fraction of sp³-hybridized carbons (Fsp3) is 0. The molecular weight excluding hydrogens is 474 g/mol. The maximum absolute atomic E-state index is 13.2. The van der Waals surface area contributed by atoms with Crippen molar-refractivity contribution in [2.24, 2.45) is 4.99 Å². The highest BCUT2D eigenvalue weighted by Gasteiger charge is 2.20. The Morgan fingerprint density at radius 2 is 1.40 bits per heavy atom. The van der Waals surface area contributed by atoms with Crippen molar-refractivity contribution in [3.63, 3.8) is 0 Å². The molecule has 35 heavy (non-hydrogen) atoms. The number of hydrogen-bond donors (Lipinski definition) is 0. The number of halogens is 1. The maximum atomic E-state index is 13.2. The highest BCUT2D eigenvalue weighted by molar-refractivity contribution is 7.21. The smallest absolute Gasteiger partial charge is 0.355 e. The summed E-state index contributed by atoms with van der Waals surface area (Å²) >= 11 is 7.87. The minimum absolute atomic E-state index is 0.387. The van der Waals surface area contributed by atoms with E-state index in [1.807, 2.05) is 84.9 Å². The average Bonchev–Trinajstić information content (AvgIpc) is 3.24. The Labute approximate surface area is 210 Å². The van der Waals surface area contributed by atoms with Crippen molar-refractivity contribution in [1.82, 2.24) is 0 Å². The minimum Gasteiger partial charge on any atom is -0.422 e. The van der Waals surface area contributed by atoms with Crippen LogP contribution >= 0.6 is 22.9 Å². The zero-order valence-corrected chi connectivity index (χ0v) is 20.0. The van der Waals surface area contributed by atoms with Crippen LogP contribution < -0.4 is 4.74 Å². The van der Waals surface area contributed by atoms with E-state index >= 15 is 0 Å². The second-order valence-corrected chi connectivity index (χ2v) is 9.52. The molecule has 6 rings (SSSR count). The molecule has 1 aromatic heterocycles. The van der Waals surface area contributed by atoms with Gasteiger partial charge in [0.25, 0.3) is 0 Å². The van der Waals surface area contributed by atoms with Crippen LogP contribution in [-0.2, 0) is 0 Å². The lowest BCUT2D eigenvalue weighted by molar-refractivity contribution is 0.0740. The van der Waals surface area contributed by atoms with Gasteiger partial charge in [-0.25, -0.2) is 4.79 Å². The van der Waals surface area contributed by atoms with Crippen LogP contribution in [0.15, 0.2) is 108 Å². The Morgan fingerprint density at radius 3 is 2.20 bits per heavy atom. The lowest BCUT2D eigenvalue weighted by Crippen LogP contribution is -2.09. The first-order valence-corrected chi connectivity index (χ1v) is 12.3. The molecule has 0 N–H and O–H groups in total. The van der Waals surface area contributed by atoms with Crippen LogP contribution in [-0.4, -0.2) is 12.2 Å². The Hall–Kier alpha value is -3.99. The number of hydrogen-bond acceptors (Lipinski definition) is 4. The first kappa shape index (κ1) is 21.5. The van der Waals surface area contributed by atoms with Gasteiger partial charge in [-0.15, -0.1) is 11.3 Å². The molecule has 0 saturated heterocycles. The standard InChI is InChI=1S/C30H18ClNO2S/c31-28-23-13-5-6-15-27(23)35-29(28)30(33)34-26-17-16-20-9-1-3-11-21(20)24(26)18-32-25-14-7-10-19-8-2-4-12-22(19)25/h1-18H. The van der Waals surface area contributed by atoms with Crippen LogP contribution in [0.5, 0.6) is 5.75 Å². The number of carbonyl (C=O) groups excluding carboxylic acids is 1. The number of esters is 1. The zero-order valence-electron chi connectivity index (χ0n) is 18.4. The number of rotatable bonds is 4. The lowest BCUT2D eigenvalue weighted by atomic mass is 10.0. The van der Waals surface area contributed by atoms with E-state index in [1.165, 1.54) is 11.3 Å². The van der Waals surface area contributed by atoms with Crippen molar-refractivity contribution in [2.45, 2.75) is 0 Å². The van der Waals surface area contributed by atoms with Gasteiger partial charge in [0.15, 0.2) is 0 Å². The highest BCUT2D eigenvalue weighted by atomic mass is 35.5. The summed E-state index contributed by atoms with van der Waals surface area (Å²) in [6.07, 6.45) is 1.78. The van der Waals surface area contributed by atoms with E-state index in [0.29, 0.717) is 15.6 Å². The minimum atomic E-state index is -0.480. The van der Waals surface area contributed by atoms with E-state index in [1.54, 1.807) is 6.21 Å². The Balaban J connectivity index is 1.44. The van der Waals surface area contributed by atoms with E-state index in [4.69, 9.17) is 21.3 Å². The number of fused-ring (bicyclic) bond motifs is 3. The van der Waals surface area contributed by atoms with Gasteiger partial charge < -0.3 is 4.74 Å². The van der Waals surface area contributed by atoms with Crippen LogP contribution in [0.3, 0.4) is 0 Å². The predicted molar refractivity (Wildman–Crippen MR) is 147 cm³/mol. The molecule has 0 saturated carbocycles. The molecule has 0 aliphatic rings. The molecule has 1 heterocycles. The molecule has 0 aliphatic heterocycles. The van der Waals surface area contributed by atoms with Gasteiger partial charge in [0.1, 0.15) is 10.6 Å². The summed E-state index contributed by atoms with van der Waals surface area (Å²) in [6, 6.07) is 33.6. The van der Waals surface area contributed by atoms with Gasteiger partial charge >= 0.3 is 5.97 Å². The molecule has 5 heteroatoms. The van der Waals surface area contributed by atoms with Crippen LogP contribution in [0.2, 0.25) is 5.02 Å². The summed E-state index contributed by atoms with van der Waals surface area (Å²) < 4.78 is 6.87. The van der Waals surface area contributed by atoms with Crippen molar-refractivity contribution in [3.8, 4) is 5.75 Å². The van der Waals surface area contributed by atoms with Gasteiger partial charge in [-0.2, -0.15) is 0 Å². The number of thiophene rings is 1. The van der Waals surface area contributed by atoms with Crippen molar-refractivity contribution in [1.29, 1.82) is 0 Å². The maximum Gasteiger partial charge on any atom is 0.355 e. The normalized spacial score (nSPS) is 11.6. The average molecular weight is 492 g/mol. The Kier molecular flexibility index (Phi) is 5.53. The molecule has 0 atom stereocenters. The quantitative estimate of drug-likeness (QED) is 0.140.